The summed E-state index contributed by atoms with van der Waals surface area (Å²) in [7, 11) is 0. The summed E-state index contributed by atoms with van der Waals surface area (Å²) >= 11 is 49.7. The molecule has 0 unspecified atom stereocenters. The predicted octanol–water partition coefficient (Wildman–Crippen LogP) is 18.7. The van der Waals surface area contributed by atoms with Crippen molar-refractivity contribution in [3.05, 3.63) is 303 Å². The Labute approximate surface area is 690 Å². The molecule has 112 heavy (non-hydrogen) atoms. The zero-order valence-electron chi connectivity index (χ0n) is 61.6. The number of hydrogen-bond acceptors (Lipinski definition) is 8. The first-order chi connectivity index (χ1) is 53.3. The standard InChI is InChI=1S/4C22H20Cl2N2O2/c2*1-12(2)18-11-25-20(27)10-17(13-4-3-5-14(23)8-13)22(18)16-7-6-15(24)9-19(16)26-21(22)28;2*1-12(2)17-10-20(27)25-11-18(13-4-3-5-14(23)8-13)22(17)16-7-6-15(24)9-19(16)26-21(22)28/h4*3-9,17-18H,1,10-11H2,2H3,(H,25,27)(H,26,28)/t4*17-,18+,22-/m1010/s1. The van der Waals surface area contributed by atoms with Gasteiger partial charge in [-0.1, -0.05) is 214 Å². The average Bonchev–Trinajstić information content (AvgIpc) is 1.56. The van der Waals surface area contributed by atoms with Crippen molar-refractivity contribution in [2.75, 3.05) is 47.4 Å². The van der Waals surface area contributed by atoms with Gasteiger partial charge in [0.05, 0.1) is 21.7 Å². The number of nitrogens with one attached hydrogen (secondary N) is 8. The highest BCUT2D eigenvalue weighted by Gasteiger charge is 2.64. The van der Waals surface area contributed by atoms with Crippen molar-refractivity contribution in [3.63, 3.8) is 0 Å². The van der Waals surface area contributed by atoms with Gasteiger partial charge in [0.2, 0.25) is 47.3 Å². The Morgan fingerprint density at radius 3 is 0.759 bits per heavy atom. The zero-order valence-corrected chi connectivity index (χ0v) is 67.6. The van der Waals surface area contributed by atoms with Crippen LogP contribution in [0.15, 0.2) is 218 Å². The van der Waals surface area contributed by atoms with E-state index in [9.17, 15) is 38.4 Å². The molecule has 16 rings (SSSR count). The van der Waals surface area contributed by atoms with Gasteiger partial charge < -0.3 is 42.5 Å². The number of carbonyl (C=O) groups excluding carboxylic acids is 8. The molecule has 0 radical (unpaired) electrons. The zero-order chi connectivity index (χ0) is 80.2. The quantitative estimate of drug-likeness (QED) is 0.0680. The second-order valence-electron chi connectivity index (χ2n) is 30.1. The maximum absolute atomic E-state index is 13.6. The van der Waals surface area contributed by atoms with E-state index in [1.807, 2.05) is 125 Å². The van der Waals surface area contributed by atoms with Crippen LogP contribution in [0.3, 0.4) is 0 Å². The van der Waals surface area contributed by atoms with Crippen LogP contribution in [-0.4, -0.2) is 73.4 Å². The molecular formula is C88H80Cl8N8O8. The van der Waals surface area contributed by atoms with E-state index >= 15 is 0 Å². The number of hydrogen-bond donors (Lipinski definition) is 8. The SMILES string of the molecule is C=C(C)[C@@H]1CC(=O)NC[C@H](c2cccc(Cl)c2)[C@@]12C(=O)Nc1cc(Cl)ccc12.C=C(C)[C@@H]1CNC(=O)C[C@H](c2cccc(Cl)c2)[C@@]12C(=O)Nc1cc(Cl)ccc12.C=C(C)[C@H]1CC(=O)NC[C@@H](c2cccc(Cl)c2)[C@]12C(=O)Nc1cc(Cl)ccc12.C=C(C)[C@H]1CNC(=O)C[C@@H](c2cccc(Cl)c2)[C@]12C(=O)Nc1cc(Cl)ccc12. The molecule has 8 aliphatic heterocycles. The minimum atomic E-state index is -0.977. The molecule has 0 aliphatic carbocycles. The first kappa shape index (κ1) is 80.8. The van der Waals surface area contributed by atoms with E-state index in [1.54, 1.807) is 72.8 Å². The van der Waals surface area contributed by atoms with Gasteiger partial charge in [0.1, 0.15) is 0 Å². The number of halogens is 8. The highest BCUT2D eigenvalue weighted by atomic mass is 35.5. The summed E-state index contributed by atoms with van der Waals surface area (Å²) in [6.45, 7) is 25.5. The largest absolute Gasteiger partial charge is 0.355 e. The summed E-state index contributed by atoms with van der Waals surface area (Å²) in [5.41, 5.74) is 8.99. The molecule has 8 aromatic carbocycles. The van der Waals surface area contributed by atoms with Crippen LogP contribution in [0.2, 0.25) is 40.2 Å². The summed E-state index contributed by atoms with van der Waals surface area (Å²) in [5.74, 6) is -3.58. The molecule has 12 atom stereocenters. The summed E-state index contributed by atoms with van der Waals surface area (Å²) in [6, 6.07) is 51.5. The van der Waals surface area contributed by atoms with Crippen LogP contribution in [0, 0.1) is 23.7 Å². The molecular weight excluding hydrogens is 1580 g/mol. The fourth-order valence-corrected chi connectivity index (χ4v) is 20.4. The molecule has 4 saturated heterocycles. The lowest BCUT2D eigenvalue weighted by Crippen LogP contribution is -2.48. The fraction of sp³-hybridized carbons (Fsp3) is 0.273. The average molecular weight is 1660 g/mol. The summed E-state index contributed by atoms with van der Waals surface area (Å²) < 4.78 is 0. The van der Waals surface area contributed by atoms with Crippen LogP contribution in [0.5, 0.6) is 0 Å². The van der Waals surface area contributed by atoms with Gasteiger partial charge in [-0.25, -0.2) is 0 Å². The topological polar surface area (TPSA) is 233 Å². The van der Waals surface area contributed by atoms with E-state index in [0.29, 0.717) is 89.1 Å². The third-order valence-electron chi connectivity index (χ3n) is 23.6. The molecule has 8 amide bonds. The second kappa shape index (κ2) is 32.4. The van der Waals surface area contributed by atoms with Gasteiger partial charge in [-0.05, 0) is 169 Å². The molecule has 8 heterocycles. The number of fused-ring (bicyclic) bond motifs is 8. The Hall–Kier alpha value is -9.20. The molecule has 16 nitrogen and oxygen atoms in total. The lowest BCUT2D eigenvalue weighted by molar-refractivity contribution is -0.125. The first-order valence-corrected chi connectivity index (χ1v) is 39.5. The van der Waals surface area contributed by atoms with E-state index in [0.717, 1.165) is 66.8 Å². The minimum Gasteiger partial charge on any atom is -0.355 e. The van der Waals surface area contributed by atoms with Gasteiger partial charge in [-0.15, -0.1) is 0 Å². The Morgan fingerprint density at radius 2 is 0.509 bits per heavy atom. The van der Waals surface area contributed by atoms with E-state index in [-0.39, 0.29) is 108 Å². The maximum atomic E-state index is 13.6. The number of rotatable bonds is 8. The summed E-state index contributed by atoms with van der Waals surface area (Å²) in [4.78, 5) is 105. The van der Waals surface area contributed by atoms with Gasteiger partial charge in [0, 0.05) is 162 Å². The molecule has 8 N–H and O–H groups in total. The van der Waals surface area contributed by atoms with Gasteiger partial charge in [-0.3, -0.25) is 38.4 Å². The molecule has 576 valence electrons. The van der Waals surface area contributed by atoms with Crippen LogP contribution in [0.1, 0.15) is 122 Å². The van der Waals surface area contributed by atoms with Crippen molar-refractivity contribution in [1.29, 1.82) is 0 Å². The minimum absolute atomic E-state index is 0.0906. The lowest BCUT2D eigenvalue weighted by Gasteiger charge is -2.40. The monoisotopic (exact) mass is 1660 g/mol. The third kappa shape index (κ3) is 14.5. The van der Waals surface area contributed by atoms with Crippen LogP contribution >= 0.6 is 92.8 Å². The van der Waals surface area contributed by atoms with Crippen molar-refractivity contribution in [3.8, 4) is 0 Å². The van der Waals surface area contributed by atoms with Crippen molar-refractivity contribution in [2.24, 2.45) is 23.7 Å². The van der Waals surface area contributed by atoms with Crippen molar-refractivity contribution < 1.29 is 38.4 Å². The van der Waals surface area contributed by atoms with E-state index in [4.69, 9.17) is 92.8 Å². The summed E-state index contributed by atoms with van der Waals surface area (Å²) in [6.07, 6.45) is 0.753. The molecule has 4 fully saturated rings. The number of amides is 8. The van der Waals surface area contributed by atoms with Crippen LogP contribution in [0.25, 0.3) is 0 Å². The van der Waals surface area contributed by atoms with Crippen molar-refractivity contribution in [2.45, 2.75) is 98.7 Å². The Balaban J connectivity index is 0.000000131. The fourth-order valence-electron chi connectivity index (χ4n) is 18.9. The number of benzene rings is 8. The highest BCUT2D eigenvalue weighted by Crippen LogP contribution is 2.61. The Bertz CT molecular complexity index is 4850. The molecule has 0 saturated carbocycles. The number of anilines is 4. The van der Waals surface area contributed by atoms with Gasteiger partial charge >= 0.3 is 0 Å². The number of carbonyl (C=O) groups is 8. The third-order valence-corrected chi connectivity index (χ3v) is 25.4. The molecule has 8 aromatic rings. The van der Waals surface area contributed by atoms with Crippen molar-refractivity contribution in [1.82, 2.24) is 21.3 Å². The van der Waals surface area contributed by atoms with Crippen LogP contribution in [-0.2, 0) is 60.0 Å². The maximum Gasteiger partial charge on any atom is 0.236 e. The second-order valence-corrected chi connectivity index (χ2v) is 33.6. The molecule has 8 aliphatic rings. The molecule has 0 aromatic heterocycles. The molecule has 24 heteroatoms. The van der Waals surface area contributed by atoms with Crippen LogP contribution < -0.4 is 42.5 Å². The smallest absolute Gasteiger partial charge is 0.236 e. The normalized spacial score (nSPS) is 26.4. The van der Waals surface area contributed by atoms with Gasteiger partial charge in [-0.2, -0.15) is 0 Å². The first-order valence-electron chi connectivity index (χ1n) is 36.5. The van der Waals surface area contributed by atoms with E-state index in [1.165, 1.54) is 0 Å². The van der Waals surface area contributed by atoms with E-state index < -0.39 is 33.5 Å². The highest BCUT2D eigenvalue weighted by molar-refractivity contribution is 6.34. The Kier molecular flexibility index (Phi) is 23.4. The van der Waals surface area contributed by atoms with Gasteiger partial charge in [0.15, 0.2) is 0 Å². The van der Waals surface area contributed by atoms with Crippen LogP contribution in [0.4, 0.5) is 22.7 Å². The lowest BCUT2D eigenvalue weighted by atomic mass is 9.59. The van der Waals surface area contributed by atoms with Gasteiger partial charge in [0.25, 0.3) is 0 Å². The summed E-state index contributed by atoms with van der Waals surface area (Å²) in [5, 5.41) is 28.4. The molecule has 4 spiro atoms. The van der Waals surface area contributed by atoms with E-state index in [2.05, 4.69) is 68.9 Å². The number of allylic oxidation sites excluding steroid dienone is 2. The molecule has 0 bridgehead atoms. The predicted molar refractivity (Wildman–Crippen MR) is 448 cm³/mol. The van der Waals surface area contributed by atoms with Crippen molar-refractivity contribution >= 4 is 163 Å². The Morgan fingerprint density at radius 1 is 0.286 bits per heavy atom.